The number of hydrogen-bond acceptors (Lipinski definition) is 4. The molecule has 17 heavy (non-hydrogen) atoms. The van der Waals surface area contributed by atoms with Gasteiger partial charge in [-0.3, -0.25) is 9.88 Å². The predicted octanol–water partition coefficient (Wildman–Crippen LogP) is 2.10. The average Bonchev–Trinajstić information content (AvgIpc) is 2.35. The van der Waals surface area contributed by atoms with Crippen LogP contribution >= 0.6 is 0 Å². The number of carbonyl (C=O) groups is 1. The van der Waals surface area contributed by atoms with Crippen LogP contribution < -0.4 is 0 Å². The SMILES string of the molecule is CCN(Cc1ccc(C(=O)OC)cn1)C(C)C. The summed E-state index contributed by atoms with van der Waals surface area (Å²) in [5.74, 6) is -0.347. The van der Waals surface area contributed by atoms with Crippen molar-refractivity contribution in [2.75, 3.05) is 13.7 Å². The maximum absolute atomic E-state index is 11.2. The molecule has 1 heterocycles. The second kappa shape index (κ2) is 6.35. The molecule has 0 radical (unpaired) electrons. The van der Waals surface area contributed by atoms with Crippen LogP contribution in [0.2, 0.25) is 0 Å². The van der Waals surface area contributed by atoms with Crippen molar-refractivity contribution in [1.82, 2.24) is 9.88 Å². The zero-order valence-electron chi connectivity index (χ0n) is 10.9. The summed E-state index contributed by atoms with van der Waals surface area (Å²) in [5.41, 5.74) is 1.46. The van der Waals surface area contributed by atoms with Gasteiger partial charge in [-0.1, -0.05) is 6.92 Å². The lowest BCUT2D eigenvalue weighted by atomic mass is 10.2. The Kier molecular flexibility index (Phi) is 5.10. The first-order valence-electron chi connectivity index (χ1n) is 5.85. The first-order valence-corrected chi connectivity index (χ1v) is 5.85. The minimum absolute atomic E-state index is 0.347. The highest BCUT2D eigenvalue weighted by Gasteiger charge is 2.10. The molecule has 4 nitrogen and oxygen atoms in total. The molecule has 0 N–H and O–H groups in total. The molecule has 0 saturated carbocycles. The Morgan fingerprint density at radius 1 is 1.47 bits per heavy atom. The molecule has 4 heteroatoms. The third-order valence-corrected chi connectivity index (χ3v) is 2.75. The maximum Gasteiger partial charge on any atom is 0.339 e. The summed E-state index contributed by atoms with van der Waals surface area (Å²) in [4.78, 5) is 17.8. The second-order valence-electron chi connectivity index (χ2n) is 4.19. The fourth-order valence-corrected chi connectivity index (χ4v) is 1.62. The topological polar surface area (TPSA) is 42.4 Å². The summed E-state index contributed by atoms with van der Waals surface area (Å²) in [5, 5.41) is 0. The minimum atomic E-state index is -0.347. The molecule has 0 fully saturated rings. The van der Waals surface area contributed by atoms with Gasteiger partial charge in [0.25, 0.3) is 0 Å². The first kappa shape index (κ1) is 13.6. The van der Waals surface area contributed by atoms with Crippen LogP contribution in [0.1, 0.15) is 36.8 Å². The van der Waals surface area contributed by atoms with Gasteiger partial charge in [0.05, 0.1) is 18.4 Å². The molecule has 1 aromatic rings. The number of ether oxygens (including phenoxy) is 1. The monoisotopic (exact) mass is 236 g/mol. The van der Waals surface area contributed by atoms with Crippen LogP contribution in [0.3, 0.4) is 0 Å². The molecule has 0 saturated heterocycles. The quantitative estimate of drug-likeness (QED) is 0.734. The third kappa shape index (κ3) is 3.82. The van der Waals surface area contributed by atoms with Crippen molar-refractivity contribution in [1.29, 1.82) is 0 Å². The number of aromatic nitrogens is 1. The van der Waals surface area contributed by atoms with Crippen LogP contribution in [0, 0.1) is 0 Å². The van der Waals surface area contributed by atoms with Gasteiger partial charge in [-0.05, 0) is 32.5 Å². The molecule has 0 aromatic carbocycles. The first-order chi connectivity index (χ1) is 8.08. The van der Waals surface area contributed by atoms with E-state index in [4.69, 9.17) is 0 Å². The Bertz CT molecular complexity index is 360. The van der Waals surface area contributed by atoms with E-state index in [0.29, 0.717) is 11.6 Å². The zero-order valence-corrected chi connectivity index (χ0v) is 10.9. The van der Waals surface area contributed by atoms with Crippen molar-refractivity contribution in [3.63, 3.8) is 0 Å². The van der Waals surface area contributed by atoms with E-state index in [1.54, 1.807) is 12.3 Å². The fraction of sp³-hybridized carbons (Fsp3) is 0.538. The lowest BCUT2D eigenvalue weighted by Gasteiger charge is -2.24. The molecule has 1 aromatic heterocycles. The van der Waals surface area contributed by atoms with Crippen LogP contribution in [-0.4, -0.2) is 35.5 Å². The number of rotatable bonds is 5. The molecule has 0 atom stereocenters. The number of methoxy groups -OCH3 is 1. The second-order valence-corrected chi connectivity index (χ2v) is 4.19. The van der Waals surface area contributed by atoms with E-state index in [0.717, 1.165) is 18.8 Å². The minimum Gasteiger partial charge on any atom is -0.465 e. The van der Waals surface area contributed by atoms with E-state index >= 15 is 0 Å². The Hall–Kier alpha value is -1.42. The van der Waals surface area contributed by atoms with Gasteiger partial charge in [0.2, 0.25) is 0 Å². The summed E-state index contributed by atoms with van der Waals surface area (Å²) in [6, 6.07) is 4.11. The Balaban J connectivity index is 2.71. The van der Waals surface area contributed by atoms with Gasteiger partial charge in [-0.25, -0.2) is 4.79 Å². The fourth-order valence-electron chi connectivity index (χ4n) is 1.62. The van der Waals surface area contributed by atoms with E-state index < -0.39 is 0 Å². The van der Waals surface area contributed by atoms with Crippen molar-refractivity contribution in [2.24, 2.45) is 0 Å². The van der Waals surface area contributed by atoms with Crippen LogP contribution in [0.15, 0.2) is 18.3 Å². The summed E-state index contributed by atoms with van der Waals surface area (Å²) >= 11 is 0. The highest BCUT2D eigenvalue weighted by Crippen LogP contribution is 2.07. The molecule has 0 bridgehead atoms. The highest BCUT2D eigenvalue weighted by atomic mass is 16.5. The third-order valence-electron chi connectivity index (χ3n) is 2.75. The molecule has 0 spiro atoms. The van der Waals surface area contributed by atoms with Crippen LogP contribution in [0.4, 0.5) is 0 Å². The van der Waals surface area contributed by atoms with Crippen molar-refractivity contribution in [3.05, 3.63) is 29.6 Å². The van der Waals surface area contributed by atoms with E-state index in [2.05, 4.69) is 35.4 Å². The van der Waals surface area contributed by atoms with Gasteiger partial charge in [0, 0.05) is 18.8 Å². The summed E-state index contributed by atoms with van der Waals surface area (Å²) < 4.78 is 4.63. The van der Waals surface area contributed by atoms with E-state index in [9.17, 15) is 4.79 Å². The number of pyridine rings is 1. The number of nitrogens with zero attached hydrogens (tertiary/aromatic N) is 2. The van der Waals surface area contributed by atoms with Crippen molar-refractivity contribution in [2.45, 2.75) is 33.4 Å². The molecule has 0 aliphatic rings. The summed E-state index contributed by atoms with van der Waals surface area (Å²) in [6.45, 7) is 8.23. The van der Waals surface area contributed by atoms with Gasteiger partial charge in [-0.15, -0.1) is 0 Å². The van der Waals surface area contributed by atoms with Crippen molar-refractivity contribution < 1.29 is 9.53 Å². The van der Waals surface area contributed by atoms with E-state index in [-0.39, 0.29) is 5.97 Å². The van der Waals surface area contributed by atoms with Gasteiger partial charge < -0.3 is 4.74 Å². The van der Waals surface area contributed by atoms with Crippen LogP contribution in [0.25, 0.3) is 0 Å². The smallest absolute Gasteiger partial charge is 0.339 e. The molecular formula is C13H20N2O2. The predicted molar refractivity (Wildman–Crippen MR) is 66.8 cm³/mol. The van der Waals surface area contributed by atoms with E-state index in [1.165, 1.54) is 7.11 Å². The maximum atomic E-state index is 11.2. The molecule has 0 aliphatic heterocycles. The molecule has 0 aliphatic carbocycles. The number of esters is 1. The van der Waals surface area contributed by atoms with Gasteiger partial charge >= 0.3 is 5.97 Å². The Morgan fingerprint density at radius 3 is 2.59 bits per heavy atom. The van der Waals surface area contributed by atoms with Crippen molar-refractivity contribution in [3.8, 4) is 0 Å². The molecule has 94 valence electrons. The largest absolute Gasteiger partial charge is 0.465 e. The van der Waals surface area contributed by atoms with E-state index in [1.807, 2.05) is 6.07 Å². The number of carbonyl (C=O) groups excluding carboxylic acids is 1. The average molecular weight is 236 g/mol. The Labute approximate surface area is 103 Å². The van der Waals surface area contributed by atoms with Crippen LogP contribution in [0.5, 0.6) is 0 Å². The van der Waals surface area contributed by atoms with Gasteiger partial charge in [-0.2, -0.15) is 0 Å². The summed E-state index contributed by atoms with van der Waals surface area (Å²) in [7, 11) is 1.37. The Morgan fingerprint density at radius 2 is 2.18 bits per heavy atom. The molecule has 0 amide bonds. The zero-order chi connectivity index (χ0) is 12.8. The molecular weight excluding hydrogens is 216 g/mol. The standard InChI is InChI=1S/C13H20N2O2/c1-5-15(10(2)3)9-12-7-6-11(8-14-12)13(16)17-4/h6-8,10H,5,9H2,1-4H3. The normalized spacial score (nSPS) is 10.9. The van der Waals surface area contributed by atoms with Gasteiger partial charge in [0.1, 0.15) is 0 Å². The molecule has 0 unspecified atom stereocenters. The lowest BCUT2D eigenvalue weighted by molar-refractivity contribution is 0.0600. The van der Waals surface area contributed by atoms with Gasteiger partial charge in [0.15, 0.2) is 0 Å². The lowest BCUT2D eigenvalue weighted by Crippen LogP contribution is -2.30. The highest BCUT2D eigenvalue weighted by molar-refractivity contribution is 5.88. The van der Waals surface area contributed by atoms with Crippen molar-refractivity contribution >= 4 is 5.97 Å². The molecule has 1 rings (SSSR count). The summed E-state index contributed by atoms with van der Waals surface area (Å²) in [6.07, 6.45) is 1.56. The number of hydrogen-bond donors (Lipinski definition) is 0. The van der Waals surface area contributed by atoms with Crippen LogP contribution in [-0.2, 0) is 11.3 Å².